The molecule has 0 aliphatic heterocycles. The van der Waals surface area contributed by atoms with E-state index in [1.54, 1.807) is 18.5 Å². The number of benzene rings is 2. The summed E-state index contributed by atoms with van der Waals surface area (Å²) in [6, 6.07) is 19.3. The lowest BCUT2D eigenvalue weighted by Gasteiger charge is -2.10. The van der Waals surface area contributed by atoms with E-state index < -0.39 is 0 Å². The minimum atomic E-state index is 0.554. The molecule has 3 aromatic rings. The van der Waals surface area contributed by atoms with E-state index in [4.69, 9.17) is 22.3 Å². The first-order valence-electron chi connectivity index (χ1n) is 6.84. The van der Waals surface area contributed by atoms with E-state index in [1.165, 1.54) is 0 Å². The Bertz CT molecular complexity index is 813. The number of pyridine rings is 1. The van der Waals surface area contributed by atoms with E-state index in [9.17, 15) is 0 Å². The van der Waals surface area contributed by atoms with Gasteiger partial charge in [0.1, 0.15) is 5.69 Å². The minimum Gasteiger partial charge on any atom is -0.398 e. The first kappa shape index (κ1) is 14.3. The molecule has 0 aliphatic rings. The zero-order valence-electron chi connectivity index (χ0n) is 11.8. The third-order valence-corrected chi connectivity index (χ3v) is 3.56. The molecular formula is C18H14ClN3. The maximum Gasteiger partial charge on any atom is 0.101 e. The Morgan fingerprint density at radius 2 is 1.68 bits per heavy atom. The number of halogens is 1. The van der Waals surface area contributed by atoms with Gasteiger partial charge in [-0.05, 0) is 12.1 Å². The van der Waals surface area contributed by atoms with Crippen LogP contribution >= 0.6 is 11.6 Å². The van der Waals surface area contributed by atoms with Crippen molar-refractivity contribution >= 4 is 28.7 Å². The summed E-state index contributed by atoms with van der Waals surface area (Å²) < 4.78 is 0. The van der Waals surface area contributed by atoms with Gasteiger partial charge in [-0.2, -0.15) is 0 Å². The largest absolute Gasteiger partial charge is 0.398 e. The average Bonchev–Trinajstić information content (AvgIpc) is 2.56. The number of hydrogen-bond acceptors (Lipinski definition) is 3. The van der Waals surface area contributed by atoms with Gasteiger partial charge in [-0.3, -0.25) is 4.98 Å². The molecule has 0 aliphatic carbocycles. The molecule has 0 spiro atoms. The summed E-state index contributed by atoms with van der Waals surface area (Å²) in [5, 5.41) is 0.554. The number of aliphatic imine (C=N–C) groups is 1. The quantitative estimate of drug-likeness (QED) is 0.572. The normalized spacial score (nSPS) is 11.4. The van der Waals surface area contributed by atoms with E-state index >= 15 is 0 Å². The van der Waals surface area contributed by atoms with Crippen molar-refractivity contribution in [3.63, 3.8) is 0 Å². The number of rotatable bonds is 3. The molecule has 22 heavy (non-hydrogen) atoms. The van der Waals surface area contributed by atoms with Crippen LogP contribution in [-0.2, 0) is 0 Å². The topological polar surface area (TPSA) is 51.3 Å². The van der Waals surface area contributed by atoms with Gasteiger partial charge in [0.05, 0.1) is 16.9 Å². The molecule has 0 atom stereocenters. The van der Waals surface area contributed by atoms with Crippen LogP contribution in [0.5, 0.6) is 0 Å². The fourth-order valence-electron chi connectivity index (χ4n) is 2.16. The van der Waals surface area contributed by atoms with Gasteiger partial charge in [0.15, 0.2) is 0 Å². The van der Waals surface area contributed by atoms with Crippen LogP contribution in [0.3, 0.4) is 0 Å². The van der Waals surface area contributed by atoms with E-state index in [-0.39, 0.29) is 0 Å². The summed E-state index contributed by atoms with van der Waals surface area (Å²) in [5.74, 6) is 0. The highest BCUT2D eigenvalue weighted by atomic mass is 35.5. The SMILES string of the molecule is Nc1ccccc1C(=Nc1cnccc1Cl)c1ccccc1. The van der Waals surface area contributed by atoms with Gasteiger partial charge in [0.2, 0.25) is 0 Å². The van der Waals surface area contributed by atoms with Gasteiger partial charge < -0.3 is 5.73 Å². The Labute approximate surface area is 134 Å². The predicted octanol–water partition coefficient (Wildman–Crippen LogP) is 4.49. The molecule has 3 nitrogen and oxygen atoms in total. The van der Waals surface area contributed by atoms with Crippen LogP contribution in [-0.4, -0.2) is 10.7 Å². The molecule has 2 N–H and O–H groups in total. The molecule has 0 saturated heterocycles. The van der Waals surface area contributed by atoms with Crippen molar-refractivity contribution in [3.8, 4) is 0 Å². The Hall–Kier alpha value is -2.65. The monoisotopic (exact) mass is 307 g/mol. The standard InChI is InChI=1S/C18H14ClN3/c19-15-10-11-21-12-17(15)22-18(13-6-2-1-3-7-13)14-8-4-5-9-16(14)20/h1-12H,20H2. The van der Waals surface area contributed by atoms with Crippen molar-refractivity contribution < 1.29 is 0 Å². The lowest BCUT2D eigenvalue weighted by Crippen LogP contribution is -2.06. The number of aromatic nitrogens is 1. The van der Waals surface area contributed by atoms with Crippen molar-refractivity contribution in [2.45, 2.75) is 0 Å². The molecule has 1 aromatic heterocycles. The molecule has 0 fully saturated rings. The molecule has 4 heteroatoms. The molecular weight excluding hydrogens is 294 g/mol. The second-order valence-corrected chi connectivity index (χ2v) is 5.15. The Kier molecular flexibility index (Phi) is 4.17. The fraction of sp³-hybridized carbons (Fsp3) is 0. The predicted molar refractivity (Wildman–Crippen MR) is 91.8 cm³/mol. The molecule has 2 aromatic carbocycles. The summed E-state index contributed by atoms with van der Waals surface area (Å²) in [7, 11) is 0. The van der Waals surface area contributed by atoms with Crippen molar-refractivity contribution in [2.75, 3.05) is 5.73 Å². The highest BCUT2D eigenvalue weighted by Crippen LogP contribution is 2.26. The zero-order valence-corrected chi connectivity index (χ0v) is 12.5. The smallest absolute Gasteiger partial charge is 0.101 e. The number of nitrogens with two attached hydrogens (primary N) is 1. The van der Waals surface area contributed by atoms with Gasteiger partial charge in [-0.15, -0.1) is 0 Å². The molecule has 0 unspecified atom stereocenters. The van der Waals surface area contributed by atoms with Crippen molar-refractivity contribution in [3.05, 3.63) is 89.2 Å². The summed E-state index contributed by atoms with van der Waals surface area (Å²) in [6.45, 7) is 0. The fourth-order valence-corrected chi connectivity index (χ4v) is 2.31. The van der Waals surface area contributed by atoms with Crippen LogP contribution in [0.2, 0.25) is 5.02 Å². The van der Waals surface area contributed by atoms with Crippen LogP contribution in [0.1, 0.15) is 11.1 Å². The Balaban J connectivity index is 2.21. The average molecular weight is 308 g/mol. The molecule has 108 valence electrons. The van der Waals surface area contributed by atoms with Gasteiger partial charge in [-0.25, -0.2) is 4.99 Å². The van der Waals surface area contributed by atoms with Crippen molar-refractivity contribution in [1.29, 1.82) is 0 Å². The van der Waals surface area contributed by atoms with E-state index in [0.717, 1.165) is 16.8 Å². The van der Waals surface area contributed by atoms with Gasteiger partial charge in [0, 0.05) is 23.0 Å². The Morgan fingerprint density at radius 3 is 2.41 bits per heavy atom. The van der Waals surface area contributed by atoms with Gasteiger partial charge >= 0.3 is 0 Å². The molecule has 0 saturated carbocycles. The Morgan fingerprint density at radius 1 is 0.955 bits per heavy atom. The summed E-state index contributed by atoms with van der Waals surface area (Å²) >= 11 is 6.20. The number of nitrogen functional groups attached to an aromatic ring is 1. The third kappa shape index (κ3) is 3.00. The first-order valence-corrected chi connectivity index (χ1v) is 7.22. The van der Waals surface area contributed by atoms with Crippen LogP contribution in [0, 0.1) is 0 Å². The summed E-state index contributed by atoms with van der Waals surface area (Å²) in [6.07, 6.45) is 3.28. The number of anilines is 1. The lowest BCUT2D eigenvalue weighted by molar-refractivity contribution is 1.30. The second kappa shape index (κ2) is 6.41. The maximum atomic E-state index is 6.20. The van der Waals surface area contributed by atoms with E-state index in [1.807, 2.05) is 54.6 Å². The van der Waals surface area contributed by atoms with Crippen LogP contribution in [0.15, 0.2) is 78.0 Å². The molecule has 1 heterocycles. The van der Waals surface area contributed by atoms with Gasteiger partial charge in [0.25, 0.3) is 0 Å². The van der Waals surface area contributed by atoms with Crippen molar-refractivity contribution in [2.24, 2.45) is 4.99 Å². The van der Waals surface area contributed by atoms with Crippen LogP contribution in [0.25, 0.3) is 0 Å². The zero-order chi connectivity index (χ0) is 15.4. The van der Waals surface area contributed by atoms with Crippen LogP contribution in [0.4, 0.5) is 11.4 Å². The third-order valence-electron chi connectivity index (χ3n) is 3.24. The number of nitrogens with zero attached hydrogens (tertiary/aromatic N) is 2. The number of para-hydroxylation sites is 1. The highest BCUT2D eigenvalue weighted by Gasteiger charge is 2.11. The van der Waals surface area contributed by atoms with Crippen LogP contribution < -0.4 is 5.73 Å². The highest BCUT2D eigenvalue weighted by molar-refractivity contribution is 6.33. The van der Waals surface area contributed by atoms with Gasteiger partial charge in [-0.1, -0.05) is 60.1 Å². The molecule has 0 radical (unpaired) electrons. The second-order valence-electron chi connectivity index (χ2n) is 4.74. The molecule has 0 bridgehead atoms. The maximum absolute atomic E-state index is 6.20. The minimum absolute atomic E-state index is 0.554. The lowest BCUT2D eigenvalue weighted by atomic mass is 10.0. The molecule has 0 amide bonds. The van der Waals surface area contributed by atoms with E-state index in [2.05, 4.69) is 4.98 Å². The van der Waals surface area contributed by atoms with E-state index in [0.29, 0.717) is 16.4 Å². The summed E-state index contributed by atoms with van der Waals surface area (Å²) in [4.78, 5) is 8.79. The summed E-state index contributed by atoms with van der Waals surface area (Å²) in [5.41, 5.74) is 10.0. The first-order chi connectivity index (χ1) is 10.8. The molecule has 3 rings (SSSR count). The van der Waals surface area contributed by atoms with Crippen molar-refractivity contribution in [1.82, 2.24) is 4.98 Å². The number of hydrogen-bond donors (Lipinski definition) is 1.